The lowest BCUT2D eigenvalue weighted by Gasteiger charge is -2.33. The van der Waals surface area contributed by atoms with Crippen molar-refractivity contribution in [3.8, 4) is 17.2 Å². The molecule has 5 rings (SSSR count). The number of hydrogen-bond donors (Lipinski definition) is 0. The van der Waals surface area contributed by atoms with Crippen LogP contribution in [0.5, 0.6) is 17.2 Å². The van der Waals surface area contributed by atoms with Crippen molar-refractivity contribution >= 4 is 38.8 Å². The predicted octanol–water partition coefficient (Wildman–Crippen LogP) is 5.34. The maximum atomic E-state index is 13.5. The third kappa shape index (κ3) is 4.15. The molecule has 0 aliphatic carbocycles. The first-order valence-corrected chi connectivity index (χ1v) is 12.4. The van der Waals surface area contributed by atoms with Crippen molar-refractivity contribution in [3.05, 3.63) is 42.0 Å². The molecule has 0 saturated carbocycles. The van der Waals surface area contributed by atoms with Gasteiger partial charge in [-0.2, -0.15) is 0 Å². The summed E-state index contributed by atoms with van der Waals surface area (Å²) >= 11 is 0. The first-order valence-electron chi connectivity index (χ1n) is 12.4. The van der Waals surface area contributed by atoms with Crippen LogP contribution in [0.2, 0.25) is 0 Å². The van der Waals surface area contributed by atoms with Crippen molar-refractivity contribution in [2.75, 3.05) is 33.9 Å². The number of nitrogens with zero attached hydrogens (tertiary/aromatic N) is 3. The fourth-order valence-electron chi connectivity index (χ4n) is 4.95. The quantitative estimate of drug-likeness (QED) is 0.195. The van der Waals surface area contributed by atoms with E-state index in [1.807, 2.05) is 31.2 Å². The molecule has 1 aromatic heterocycles. The van der Waals surface area contributed by atoms with Crippen LogP contribution >= 0.6 is 0 Å². The van der Waals surface area contributed by atoms with Crippen molar-refractivity contribution in [2.45, 2.75) is 39.3 Å². The summed E-state index contributed by atoms with van der Waals surface area (Å²) in [5.74, 6) is 1.07. The first kappa shape index (κ1) is 24.1. The molecule has 4 aromatic rings. The predicted molar refractivity (Wildman–Crippen MR) is 139 cm³/mol. The van der Waals surface area contributed by atoms with E-state index in [2.05, 4.69) is 4.90 Å². The average Bonchev–Trinajstić information content (AvgIpc) is 2.92. The molecule has 1 saturated heterocycles. The summed E-state index contributed by atoms with van der Waals surface area (Å²) in [7, 11) is 3.17. The van der Waals surface area contributed by atoms with E-state index in [1.54, 1.807) is 33.3 Å². The molecule has 0 radical (unpaired) electrons. The molecule has 0 N–H and O–H groups in total. The summed E-state index contributed by atoms with van der Waals surface area (Å²) in [4.78, 5) is 25.6. The minimum atomic E-state index is -0.496. The number of fused-ring (bicyclic) bond motifs is 4. The molecule has 0 amide bonds. The fraction of sp³-hybridized carbons (Fsp3) is 0.393. The van der Waals surface area contributed by atoms with Gasteiger partial charge < -0.3 is 18.9 Å². The number of methoxy groups -OCH3 is 2. The Balaban J connectivity index is 1.84. The van der Waals surface area contributed by atoms with Crippen LogP contribution in [0.15, 0.2) is 36.4 Å². The molecule has 188 valence electrons. The number of aromatic nitrogens is 2. The van der Waals surface area contributed by atoms with E-state index in [4.69, 9.17) is 28.9 Å². The molecule has 3 aromatic carbocycles. The maximum absolute atomic E-state index is 13.5. The average molecular weight is 490 g/mol. The van der Waals surface area contributed by atoms with Crippen LogP contribution in [0.4, 0.5) is 0 Å². The number of hydrogen-bond acceptors (Lipinski definition) is 8. The highest BCUT2D eigenvalue weighted by molar-refractivity contribution is 6.18. The second-order valence-electron chi connectivity index (χ2n) is 8.87. The molecule has 8 heteroatoms. The number of esters is 1. The van der Waals surface area contributed by atoms with Gasteiger partial charge in [0.1, 0.15) is 45.6 Å². The number of likely N-dealkylation sites (tertiary alicyclic amines) is 1. The van der Waals surface area contributed by atoms with E-state index in [0.29, 0.717) is 39.3 Å². The largest absolute Gasteiger partial charge is 0.494 e. The molecule has 2 heterocycles. The summed E-state index contributed by atoms with van der Waals surface area (Å²) in [6.45, 7) is 5.96. The van der Waals surface area contributed by atoms with Gasteiger partial charge in [0.2, 0.25) is 0 Å². The van der Waals surface area contributed by atoms with Crippen LogP contribution in [0.25, 0.3) is 32.8 Å². The van der Waals surface area contributed by atoms with Gasteiger partial charge in [-0.1, -0.05) is 30.7 Å². The monoisotopic (exact) mass is 489 g/mol. The highest BCUT2D eigenvalue weighted by Crippen LogP contribution is 2.41. The van der Waals surface area contributed by atoms with Gasteiger partial charge in [-0.05, 0) is 38.8 Å². The molecule has 1 atom stereocenters. The topological polar surface area (TPSA) is 83.0 Å². The van der Waals surface area contributed by atoms with Crippen molar-refractivity contribution in [2.24, 2.45) is 0 Å². The Hall–Kier alpha value is -3.65. The molecule has 1 unspecified atom stereocenters. The lowest BCUT2D eigenvalue weighted by atomic mass is 10.0. The van der Waals surface area contributed by atoms with Crippen LogP contribution in [0, 0.1) is 0 Å². The zero-order valence-corrected chi connectivity index (χ0v) is 21.2. The summed E-state index contributed by atoms with van der Waals surface area (Å²) in [5.41, 5.74) is 2.31. The zero-order valence-electron chi connectivity index (χ0n) is 21.2. The maximum Gasteiger partial charge on any atom is 0.344 e. The SMILES string of the molecule is CCOC(=O)c1c(OC(C)N2CCCCC2)c2ccccc2c2nc3c(OC)ccc(OC)c3nc12. The van der Waals surface area contributed by atoms with Gasteiger partial charge in [0.15, 0.2) is 0 Å². The van der Waals surface area contributed by atoms with Crippen molar-refractivity contribution in [1.29, 1.82) is 0 Å². The summed E-state index contributed by atoms with van der Waals surface area (Å²) in [5, 5.41) is 1.62. The van der Waals surface area contributed by atoms with E-state index in [1.165, 1.54) is 6.42 Å². The number of ether oxygens (including phenoxy) is 4. The molecule has 36 heavy (non-hydrogen) atoms. The summed E-state index contributed by atoms with van der Waals surface area (Å²) in [6, 6.07) is 11.4. The first-order chi connectivity index (χ1) is 17.6. The number of piperidine rings is 1. The molecule has 0 spiro atoms. The van der Waals surface area contributed by atoms with E-state index >= 15 is 0 Å². The molecule has 1 aliphatic heterocycles. The van der Waals surface area contributed by atoms with Gasteiger partial charge in [0, 0.05) is 23.9 Å². The fourth-order valence-corrected chi connectivity index (χ4v) is 4.95. The molecular formula is C28H31N3O5. The van der Waals surface area contributed by atoms with Gasteiger partial charge in [-0.15, -0.1) is 0 Å². The van der Waals surface area contributed by atoms with E-state index in [9.17, 15) is 4.79 Å². The molecule has 0 bridgehead atoms. The third-order valence-electron chi connectivity index (χ3n) is 6.75. The second-order valence-corrected chi connectivity index (χ2v) is 8.87. The zero-order chi connectivity index (χ0) is 25.2. The minimum Gasteiger partial charge on any atom is -0.494 e. The van der Waals surface area contributed by atoms with Gasteiger partial charge >= 0.3 is 5.97 Å². The number of rotatable bonds is 7. The lowest BCUT2D eigenvalue weighted by Crippen LogP contribution is -2.41. The lowest BCUT2D eigenvalue weighted by molar-refractivity contribution is 0.0252. The standard InChI is InChI=1S/C28H31N3O5/c1-5-35-28(32)22-26-23(29-24-20(33-3)13-14-21(34-4)25(24)30-26)18-11-7-8-12-19(18)27(22)36-17(2)31-15-9-6-10-16-31/h7-8,11-14,17H,5-6,9-10,15-16H2,1-4H3. The Labute approximate surface area is 210 Å². The van der Waals surface area contributed by atoms with Gasteiger partial charge in [0.05, 0.1) is 26.3 Å². The van der Waals surface area contributed by atoms with Crippen LogP contribution in [-0.4, -0.2) is 61.0 Å². The van der Waals surface area contributed by atoms with E-state index in [-0.39, 0.29) is 18.4 Å². The summed E-state index contributed by atoms with van der Waals surface area (Å²) in [6.07, 6.45) is 3.28. The molecular weight excluding hydrogens is 458 g/mol. The third-order valence-corrected chi connectivity index (χ3v) is 6.75. The van der Waals surface area contributed by atoms with Crippen molar-refractivity contribution in [3.63, 3.8) is 0 Å². The number of benzene rings is 3. The number of carbonyl (C=O) groups is 1. The summed E-state index contributed by atoms with van der Waals surface area (Å²) < 4.78 is 23.2. The smallest absolute Gasteiger partial charge is 0.344 e. The Morgan fingerprint density at radius 2 is 1.50 bits per heavy atom. The van der Waals surface area contributed by atoms with Gasteiger partial charge in [-0.25, -0.2) is 14.8 Å². The Morgan fingerprint density at radius 1 is 0.889 bits per heavy atom. The molecule has 1 aliphatic rings. The van der Waals surface area contributed by atoms with Crippen molar-refractivity contribution < 1.29 is 23.7 Å². The van der Waals surface area contributed by atoms with E-state index < -0.39 is 5.97 Å². The second kappa shape index (κ2) is 10.1. The normalized spacial score (nSPS) is 15.2. The molecule has 8 nitrogen and oxygen atoms in total. The Bertz CT molecular complexity index is 1430. The Morgan fingerprint density at radius 3 is 2.11 bits per heavy atom. The van der Waals surface area contributed by atoms with Gasteiger partial charge in [-0.3, -0.25) is 4.90 Å². The number of carbonyl (C=O) groups excluding carboxylic acids is 1. The van der Waals surface area contributed by atoms with Gasteiger partial charge in [0.25, 0.3) is 0 Å². The Kier molecular flexibility index (Phi) is 6.78. The van der Waals surface area contributed by atoms with Crippen LogP contribution < -0.4 is 14.2 Å². The minimum absolute atomic E-state index is 0.220. The van der Waals surface area contributed by atoms with Crippen LogP contribution in [-0.2, 0) is 4.74 Å². The highest BCUT2D eigenvalue weighted by atomic mass is 16.5. The van der Waals surface area contributed by atoms with Crippen molar-refractivity contribution in [1.82, 2.24) is 14.9 Å². The van der Waals surface area contributed by atoms with Crippen LogP contribution in [0.3, 0.4) is 0 Å². The van der Waals surface area contributed by atoms with Crippen LogP contribution in [0.1, 0.15) is 43.5 Å². The highest BCUT2D eigenvalue weighted by Gasteiger charge is 2.28. The molecule has 1 fully saturated rings. The van der Waals surface area contributed by atoms with E-state index in [0.717, 1.165) is 36.7 Å².